The van der Waals surface area contributed by atoms with Crippen molar-refractivity contribution in [2.45, 2.75) is 6.61 Å². The van der Waals surface area contributed by atoms with Crippen molar-refractivity contribution in [3.05, 3.63) is 29.6 Å². The molecule has 58 valence electrons. The highest BCUT2D eigenvalue weighted by atomic mass is 16.3. The Bertz CT molecular complexity index is 272. The summed E-state index contributed by atoms with van der Waals surface area (Å²) in [5.74, 6) is -0.0831. The number of nitrogens with one attached hydrogen (secondary N) is 1. The molecule has 4 nitrogen and oxygen atoms in total. The van der Waals surface area contributed by atoms with Crippen LogP contribution in [0.3, 0.4) is 0 Å². The maximum atomic E-state index is 8.70. The van der Waals surface area contributed by atoms with Crippen LogP contribution in [0.2, 0.25) is 0 Å². The average molecular weight is 151 g/mol. The zero-order valence-electron chi connectivity index (χ0n) is 5.91. The van der Waals surface area contributed by atoms with Crippen molar-refractivity contribution in [1.82, 2.24) is 4.98 Å². The highest BCUT2D eigenvalue weighted by Crippen LogP contribution is 1.99. The first kappa shape index (κ1) is 7.68. The molecule has 0 saturated carbocycles. The van der Waals surface area contributed by atoms with Gasteiger partial charge in [-0.2, -0.15) is 0 Å². The Hall–Kier alpha value is -1.42. The zero-order chi connectivity index (χ0) is 8.27. The molecule has 0 unspecified atom stereocenters. The molecule has 11 heavy (non-hydrogen) atoms. The number of aliphatic hydroxyl groups is 1. The van der Waals surface area contributed by atoms with Gasteiger partial charge in [-0.15, -0.1) is 0 Å². The van der Waals surface area contributed by atoms with Crippen LogP contribution in [0.1, 0.15) is 11.3 Å². The number of pyridine rings is 1. The number of nitrogen functional groups attached to an aromatic ring is 1. The Balaban J connectivity index is 3.01. The quantitative estimate of drug-likeness (QED) is 0.406. The van der Waals surface area contributed by atoms with Gasteiger partial charge in [-0.05, 0) is 17.7 Å². The minimum absolute atomic E-state index is 0.0528. The van der Waals surface area contributed by atoms with Gasteiger partial charge in [0, 0.05) is 6.20 Å². The minimum Gasteiger partial charge on any atom is -0.392 e. The fourth-order valence-corrected chi connectivity index (χ4v) is 0.720. The first-order valence-corrected chi connectivity index (χ1v) is 3.14. The Morgan fingerprint density at radius 1 is 1.73 bits per heavy atom. The highest BCUT2D eigenvalue weighted by molar-refractivity contribution is 5.93. The third kappa shape index (κ3) is 1.75. The molecular weight excluding hydrogens is 142 g/mol. The molecule has 0 bridgehead atoms. The molecule has 0 aliphatic rings. The average Bonchev–Trinajstić information content (AvgIpc) is 2.05. The van der Waals surface area contributed by atoms with E-state index in [9.17, 15) is 0 Å². The molecule has 0 fully saturated rings. The molecule has 0 aliphatic carbocycles. The minimum atomic E-state index is -0.0831. The number of nitrogens with zero attached hydrogens (tertiary/aromatic N) is 1. The summed E-state index contributed by atoms with van der Waals surface area (Å²) in [7, 11) is 0. The lowest BCUT2D eigenvalue weighted by atomic mass is 10.2. The van der Waals surface area contributed by atoms with Crippen LogP contribution in [0, 0.1) is 5.41 Å². The molecule has 0 atom stereocenters. The molecule has 0 aliphatic heterocycles. The molecule has 0 saturated heterocycles. The van der Waals surface area contributed by atoms with Crippen molar-refractivity contribution in [2.24, 2.45) is 5.73 Å². The standard InChI is InChI=1S/C7H9N3O/c8-7(9)6-3-5(4-11)1-2-10-6/h1-3,11H,4H2,(H3,8,9). The van der Waals surface area contributed by atoms with Crippen molar-refractivity contribution in [3.8, 4) is 0 Å². The Labute approximate surface area is 64.2 Å². The van der Waals surface area contributed by atoms with E-state index in [4.69, 9.17) is 16.2 Å². The molecule has 1 heterocycles. The SMILES string of the molecule is N=C(N)c1cc(CO)ccn1. The summed E-state index contributed by atoms with van der Waals surface area (Å²) in [6.45, 7) is -0.0528. The first-order chi connectivity index (χ1) is 5.24. The summed E-state index contributed by atoms with van der Waals surface area (Å²) in [5, 5.41) is 15.7. The highest BCUT2D eigenvalue weighted by Gasteiger charge is 1.97. The Kier molecular flexibility index (Phi) is 2.18. The summed E-state index contributed by atoms with van der Waals surface area (Å²) in [6, 6.07) is 3.26. The molecule has 1 aromatic heterocycles. The normalized spacial score (nSPS) is 9.55. The number of aromatic nitrogens is 1. The van der Waals surface area contributed by atoms with Gasteiger partial charge in [0.15, 0.2) is 0 Å². The number of rotatable bonds is 2. The zero-order valence-corrected chi connectivity index (χ0v) is 5.91. The fraction of sp³-hybridized carbons (Fsp3) is 0.143. The van der Waals surface area contributed by atoms with Crippen molar-refractivity contribution in [2.75, 3.05) is 0 Å². The van der Waals surface area contributed by atoms with E-state index in [0.29, 0.717) is 11.3 Å². The monoisotopic (exact) mass is 151 g/mol. The molecule has 4 heteroatoms. The van der Waals surface area contributed by atoms with Crippen LogP contribution in [0.5, 0.6) is 0 Å². The van der Waals surface area contributed by atoms with Gasteiger partial charge >= 0.3 is 0 Å². The summed E-state index contributed by atoms with van der Waals surface area (Å²) >= 11 is 0. The predicted octanol–water partition coefficient (Wildman–Crippen LogP) is -0.142. The van der Waals surface area contributed by atoms with Crippen LogP contribution >= 0.6 is 0 Å². The van der Waals surface area contributed by atoms with Gasteiger partial charge in [0.2, 0.25) is 0 Å². The van der Waals surface area contributed by atoms with Crippen LogP contribution in [0.15, 0.2) is 18.3 Å². The lowest BCUT2D eigenvalue weighted by Crippen LogP contribution is -2.13. The van der Waals surface area contributed by atoms with E-state index in [-0.39, 0.29) is 12.4 Å². The topological polar surface area (TPSA) is 83.0 Å². The Morgan fingerprint density at radius 3 is 3.00 bits per heavy atom. The van der Waals surface area contributed by atoms with Crippen LogP contribution in [-0.4, -0.2) is 15.9 Å². The van der Waals surface area contributed by atoms with Gasteiger partial charge in [-0.25, -0.2) is 0 Å². The number of hydrogen-bond donors (Lipinski definition) is 3. The van der Waals surface area contributed by atoms with E-state index in [1.54, 1.807) is 12.1 Å². The van der Waals surface area contributed by atoms with Crippen molar-refractivity contribution >= 4 is 5.84 Å². The molecule has 1 aromatic rings. The number of amidine groups is 1. The van der Waals surface area contributed by atoms with E-state index in [1.807, 2.05) is 0 Å². The van der Waals surface area contributed by atoms with E-state index in [0.717, 1.165) is 0 Å². The van der Waals surface area contributed by atoms with Crippen LogP contribution < -0.4 is 5.73 Å². The van der Waals surface area contributed by atoms with E-state index < -0.39 is 0 Å². The van der Waals surface area contributed by atoms with E-state index in [1.165, 1.54) is 6.20 Å². The lowest BCUT2D eigenvalue weighted by molar-refractivity contribution is 0.281. The molecule has 0 amide bonds. The molecular formula is C7H9N3O. The van der Waals surface area contributed by atoms with Crippen LogP contribution in [0.4, 0.5) is 0 Å². The van der Waals surface area contributed by atoms with Crippen LogP contribution in [0.25, 0.3) is 0 Å². The number of aliphatic hydroxyl groups excluding tert-OH is 1. The van der Waals surface area contributed by atoms with Crippen molar-refractivity contribution < 1.29 is 5.11 Å². The molecule has 1 rings (SSSR count). The van der Waals surface area contributed by atoms with Gasteiger partial charge in [0.05, 0.1) is 6.61 Å². The molecule has 0 spiro atoms. The third-order valence-corrected chi connectivity index (χ3v) is 1.28. The maximum absolute atomic E-state index is 8.70. The second-order valence-corrected chi connectivity index (χ2v) is 2.12. The third-order valence-electron chi connectivity index (χ3n) is 1.28. The molecule has 0 radical (unpaired) electrons. The van der Waals surface area contributed by atoms with Crippen molar-refractivity contribution in [3.63, 3.8) is 0 Å². The number of hydrogen-bond acceptors (Lipinski definition) is 3. The molecule has 4 N–H and O–H groups in total. The summed E-state index contributed by atoms with van der Waals surface area (Å²) in [5.41, 5.74) is 6.29. The Morgan fingerprint density at radius 2 is 2.45 bits per heavy atom. The predicted molar refractivity (Wildman–Crippen MR) is 41.2 cm³/mol. The maximum Gasteiger partial charge on any atom is 0.141 e. The van der Waals surface area contributed by atoms with Gasteiger partial charge in [-0.1, -0.05) is 0 Å². The summed E-state index contributed by atoms with van der Waals surface area (Å²) < 4.78 is 0. The van der Waals surface area contributed by atoms with Crippen molar-refractivity contribution in [1.29, 1.82) is 5.41 Å². The van der Waals surface area contributed by atoms with Gasteiger partial charge in [0.1, 0.15) is 11.5 Å². The number of nitrogens with two attached hydrogens (primary N) is 1. The smallest absolute Gasteiger partial charge is 0.141 e. The largest absolute Gasteiger partial charge is 0.392 e. The fourth-order valence-electron chi connectivity index (χ4n) is 0.720. The van der Waals surface area contributed by atoms with Gasteiger partial charge in [-0.3, -0.25) is 10.4 Å². The van der Waals surface area contributed by atoms with E-state index in [2.05, 4.69) is 4.98 Å². The van der Waals surface area contributed by atoms with Gasteiger partial charge < -0.3 is 10.8 Å². The molecule has 0 aromatic carbocycles. The summed E-state index contributed by atoms with van der Waals surface area (Å²) in [6.07, 6.45) is 1.52. The van der Waals surface area contributed by atoms with Gasteiger partial charge in [0.25, 0.3) is 0 Å². The summed E-state index contributed by atoms with van der Waals surface area (Å²) in [4.78, 5) is 3.83. The second kappa shape index (κ2) is 3.12. The lowest BCUT2D eigenvalue weighted by Gasteiger charge is -1.98. The first-order valence-electron chi connectivity index (χ1n) is 3.14. The van der Waals surface area contributed by atoms with E-state index >= 15 is 0 Å². The van der Waals surface area contributed by atoms with Crippen LogP contribution in [-0.2, 0) is 6.61 Å². The second-order valence-electron chi connectivity index (χ2n) is 2.12.